The number of aliphatic hydroxyl groups excluding tert-OH is 1. The molecular formula is C18H22ClN5O3. The van der Waals surface area contributed by atoms with Gasteiger partial charge in [0.25, 0.3) is 5.91 Å². The molecule has 0 radical (unpaired) electrons. The molecule has 1 aliphatic heterocycles. The molecule has 2 unspecified atom stereocenters. The van der Waals surface area contributed by atoms with Gasteiger partial charge in [-0.25, -0.2) is 4.68 Å². The molecule has 1 aromatic heterocycles. The van der Waals surface area contributed by atoms with Gasteiger partial charge in [0.1, 0.15) is 12.2 Å². The highest BCUT2D eigenvalue weighted by Gasteiger charge is 2.25. The molecule has 2 heterocycles. The van der Waals surface area contributed by atoms with E-state index in [-0.39, 0.29) is 24.4 Å². The van der Waals surface area contributed by atoms with Gasteiger partial charge in [-0.2, -0.15) is 0 Å². The Hall–Kier alpha value is -2.45. The zero-order valence-electron chi connectivity index (χ0n) is 15.0. The van der Waals surface area contributed by atoms with Gasteiger partial charge < -0.3 is 15.3 Å². The van der Waals surface area contributed by atoms with E-state index in [0.717, 1.165) is 12.8 Å². The van der Waals surface area contributed by atoms with Crippen molar-refractivity contribution in [3.63, 3.8) is 0 Å². The van der Waals surface area contributed by atoms with Crippen molar-refractivity contribution in [3.05, 3.63) is 46.7 Å². The Kier molecular flexibility index (Phi) is 6.08. The Morgan fingerprint density at radius 1 is 1.37 bits per heavy atom. The maximum atomic E-state index is 12.5. The van der Waals surface area contributed by atoms with Crippen molar-refractivity contribution >= 4 is 23.4 Å². The Bertz CT molecular complexity index is 806. The minimum Gasteiger partial charge on any atom is -0.387 e. The van der Waals surface area contributed by atoms with E-state index in [1.165, 1.54) is 4.68 Å². The molecule has 0 spiro atoms. The Morgan fingerprint density at radius 3 is 2.78 bits per heavy atom. The van der Waals surface area contributed by atoms with Crippen molar-refractivity contribution in [2.45, 2.75) is 38.5 Å². The van der Waals surface area contributed by atoms with E-state index in [2.05, 4.69) is 15.6 Å². The standard InChI is InChI=1S/C18H22ClN5O3/c1-12(25)16-10-24(22-21-16)11-17(26)23-8-2-3-15(9-23)20-18(27)13-4-6-14(19)7-5-13/h4-7,10,12,15,25H,2-3,8-9,11H2,1H3,(H,20,27). The fourth-order valence-electron chi connectivity index (χ4n) is 3.01. The van der Waals surface area contributed by atoms with Crippen molar-refractivity contribution in [2.75, 3.05) is 13.1 Å². The Balaban J connectivity index is 1.55. The summed E-state index contributed by atoms with van der Waals surface area (Å²) in [6.45, 7) is 2.74. The molecule has 2 N–H and O–H groups in total. The van der Waals surface area contributed by atoms with Crippen LogP contribution < -0.4 is 5.32 Å². The van der Waals surface area contributed by atoms with Crippen LogP contribution in [0.25, 0.3) is 0 Å². The molecule has 1 saturated heterocycles. The molecule has 2 aromatic rings. The highest BCUT2D eigenvalue weighted by atomic mass is 35.5. The maximum Gasteiger partial charge on any atom is 0.251 e. The SMILES string of the molecule is CC(O)c1cn(CC(=O)N2CCCC(NC(=O)c3ccc(Cl)cc3)C2)nn1. The number of nitrogens with zero attached hydrogens (tertiary/aromatic N) is 4. The quantitative estimate of drug-likeness (QED) is 0.802. The second-order valence-corrected chi connectivity index (χ2v) is 7.11. The molecule has 3 rings (SSSR count). The molecule has 2 atom stereocenters. The molecule has 0 saturated carbocycles. The molecular weight excluding hydrogens is 370 g/mol. The number of amides is 2. The first-order chi connectivity index (χ1) is 12.9. The lowest BCUT2D eigenvalue weighted by Gasteiger charge is -2.33. The van der Waals surface area contributed by atoms with Crippen LogP contribution in [0.4, 0.5) is 0 Å². The van der Waals surface area contributed by atoms with Gasteiger partial charge in [-0.3, -0.25) is 9.59 Å². The third kappa shape index (κ3) is 5.05. The number of benzene rings is 1. The van der Waals surface area contributed by atoms with Gasteiger partial charge in [-0.05, 0) is 44.0 Å². The number of piperidine rings is 1. The molecule has 27 heavy (non-hydrogen) atoms. The van der Waals surface area contributed by atoms with Crippen LogP contribution in [0, 0.1) is 0 Å². The first-order valence-corrected chi connectivity index (χ1v) is 9.22. The summed E-state index contributed by atoms with van der Waals surface area (Å²) in [5, 5.41) is 20.7. The largest absolute Gasteiger partial charge is 0.387 e. The Morgan fingerprint density at radius 2 is 2.11 bits per heavy atom. The van der Waals surface area contributed by atoms with E-state index in [1.54, 1.807) is 42.3 Å². The molecule has 8 nitrogen and oxygen atoms in total. The number of aromatic nitrogens is 3. The topological polar surface area (TPSA) is 100 Å². The number of nitrogens with one attached hydrogen (secondary N) is 1. The van der Waals surface area contributed by atoms with E-state index >= 15 is 0 Å². The number of rotatable bonds is 5. The number of likely N-dealkylation sites (tertiary alicyclic amines) is 1. The maximum absolute atomic E-state index is 12.5. The zero-order chi connectivity index (χ0) is 19.4. The van der Waals surface area contributed by atoms with Crippen molar-refractivity contribution < 1.29 is 14.7 Å². The van der Waals surface area contributed by atoms with Gasteiger partial charge in [0.2, 0.25) is 5.91 Å². The predicted octanol–water partition coefficient (Wildman–Crippen LogP) is 1.41. The normalized spacial score (nSPS) is 18.2. The van der Waals surface area contributed by atoms with Crippen LogP contribution in [0.3, 0.4) is 0 Å². The van der Waals surface area contributed by atoms with E-state index in [0.29, 0.717) is 29.4 Å². The third-order valence-electron chi connectivity index (χ3n) is 4.50. The smallest absolute Gasteiger partial charge is 0.251 e. The van der Waals surface area contributed by atoms with Gasteiger partial charge in [0.05, 0.1) is 12.3 Å². The van der Waals surface area contributed by atoms with Crippen LogP contribution in [0.15, 0.2) is 30.5 Å². The summed E-state index contributed by atoms with van der Waals surface area (Å²) in [5.74, 6) is -0.272. The fraction of sp³-hybridized carbons (Fsp3) is 0.444. The third-order valence-corrected chi connectivity index (χ3v) is 4.75. The van der Waals surface area contributed by atoms with Gasteiger partial charge in [0.15, 0.2) is 0 Å². The van der Waals surface area contributed by atoms with Crippen molar-refractivity contribution in [1.29, 1.82) is 0 Å². The molecule has 2 amide bonds. The van der Waals surface area contributed by atoms with Crippen molar-refractivity contribution in [1.82, 2.24) is 25.2 Å². The minimum atomic E-state index is -0.726. The number of halogens is 1. The highest BCUT2D eigenvalue weighted by Crippen LogP contribution is 2.14. The van der Waals surface area contributed by atoms with Gasteiger partial charge in [0, 0.05) is 29.7 Å². The number of carbonyl (C=O) groups is 2. The Labute approximate surface area is 162 Å². The molecule has 144 valence electrons. The molecule has 1 fully saturated rings. The summed E-state index contributed by atoms with van der Waals surface area (Å²) in [4.78, 5) is 26.6. The first kappa shape index (κ1) is 19.3. The number of hydrogen-bond donors (Lipinski definition) is 2. The van der Waals surface area contributed by atoms with Crippen LogP contribution in [-0.4, -0.2) is 55.9 Å². The molecule has 9 heteroatoms. The molecule has 1 aromatic carbocycles. The summed E-state index contributed by atoms with van der Waals surface area (Å²) in [6.07, 6.45) is 2.47. The predicted molar refractivity (Wildman–Crippen MR) is 99.2 cm³/mol. The summed E-state index contributed by atoms with van der Waals surface area (Å²) in [6, 6.07) is 6.59. The molecule has 0 bridgehead atoms. The zero-order valence-corrected chi connectivity index (χ0v) is 15.8. The van der Waals surface area contributed by atoms with Crippen LogP contribution in [0.1, 0.15) is 41.9 Å². The van der Waals surface area contributed by atoms with Gasteiger partial charge in [-0.1, -0.05) is 16.8 Å². The summed E-state index contributed by atoms with van der Waals surface area (Å²) in [7, 11) is 0. The lowest BCUT2D eigenvalue weighted by Crippen LogP contribution is -2.50. The second kappa shape index (κ2) is 8.49. The lowest BCUT2D eigenvalue weighted by molar-refractivity contribution is -0.133. The summed E-state index contributed by atoms with van der Waals surface area (Å²) in [5.41, 5.74) is 0.964. The number of aliphatic hydroxyl groups is 1. The first-order valence-electron chi connectivity index (χ1n) is 8.84. The van der Waals surface area contributed by atoms with E-state index in [1.807, 2.05) is 0 Å². The summed E-state index contributed by atoms with van der Waals surface area (Å²) < 4.78 is 1.42. The van der Waals surface area contributed by atoms with Crippen molar-refractivity contribution in [3.8, 4) is 0 Å². The van der Waals surface area contributed by atoms with Gasteiger partial charge in [-0.15, -0.1) is 5.10 Å². The van der Waals surface area contributed by atoms with E-state index in [4.69, 9.17) is 11.6 Å². The second-order valence-electron chi connectivity index (χ2n) is 6.68. The van der Waals surface area contributed by atoms with Crippen LogP contribution in [0.5, 0.6) is 0 Å². The van der Waals surface area contributed by atoms with Crippen LogP contribution >= 0.6 is 11.6 Å². The van der Waals surface area contributed by atoms with E-state index in [9.17, 15) is 14.7 Å². The van der Waals surface area contributed by atoms with Crippen LogP contribution in [-0.2, 0) is 11.3 Å². The number of hydrogen-bond acceptors (Lipinski definition) is 5. The monoisotopic (exact) mass is 391 g/mol. The summed E-state index contributed by atoms with van der Waals surface area (Å²) >= 11 is 5.85. The van der Waals surface area contributed by atoms with Crippen LogP contribution in [0.2, 0.25) is 5.02 Å². The molecule has 1 aliphatic rings. The number of carbonyl (C=O) groups excluding carboxylic acids is 2. The van der Waals surface area contributed by atoms with Gasteiger partial charge >= 0.3 is 0 Å². The van der Waals surface area contributed by atoms with Crippen molar-refractivity contribution in [2.24, 2.45) is 0 Å². The van der Waals surface area contributed by atoms with E-state index < -0.39 is 6.10 Å². The minimum absolute atomic E-state index is 0.0531. The average Bonchev–Trinajstić information content (AvgIpc) is 3.11. The fourth-order valence-corrected chi connectivity index (χ4v) is 3.14. The highest BCUT2D eigenvalue weighted by molar-refractivity contribution is 6.30. The average molecular weight is 392 g/mol. The molecule has 0 aliphatic carbocycles. The lowest BCUT2D eigenvalue weighted by atomic mass is 10.0.